The number of thioether (sulfide) groups is 1. The van der Waals surface area contributed by atoms with Crippen molar-refractivity contribution in [3.8, 4) is 0 Å². The molecule has 0 spiro atoms. The quantitative estimate of drug-likeness (QED) is 0.753. The van der Waals surface area contributed by atoms with Gasteiger partial charge in [0, 0.05) is 19.1 Å². The number of likely N-dealkylation sites (tertiary alicyclic amines) is 1. The number of nitrogens with one attached hydrogen (secondary N) is 1. The lowest BCUT2D eigenvalue weighted by Crippen LogP contribution is -2.50. The molecule has 1 saturated heterocycles. The van der Waals surface area contributed by atoms with E-state index in [2.05, 4.69) is 9.71 Å². The Balaban J connectivity index is 1.81. The van der Waals surface area contributed by atoms with Crippen LogP contribution in [0.3, 0.4) is 0 Å². The van der Waals surface area contributed by atoms with E-state index in [1.807, 2.05) is 40.0 Å². The molecule has 1 atom stereocenters. The Kier molecular flexibility index (Phi) is 6.44. The normalized spacial score (nSPS) is 18.1. The monoisotopic (exact) mass is 410 g/mol. The SMILES string of the molecule is CSCc1nc2ccccc2n1CC(=O)N1CCCCC1CNS(C)(=O)=O. The van der Waals surface area contributed by atoms with E-state index in [-0.39, 0.29) is 25.0 Å². The van der Waals surface area contributed by atoms with Crippen LogP contribution in [-0.4, -0.2) is 60.4 Å². The van der Waals surface area contributed by atoms with Crippen LogP contribution >= 0.6 is 11.8 Å². The summed E-state index contributed by atoms with van der Waals surface area (Å²) < 4.78 is 27.4. The van der Waals surface area contributed by atoms with E-state index < -0.39 is 10.0 Å². The maximum absolute atomic E-state index is 13.1. The molecule has 1 aromatic carbocycles. The summed E-state index contributed by atoms with van der Waals surface area (Å²) >= 11 is 1.67. The molecule has 1 fully saturated rings. The van der Waals surface area contributed by atoms with Crippen molar-refractivity contribution < 1.29 is 13.2 Å². The Morgan fingerprint density at radius 1 is 1.33 bits per heavy atom. The van der Waals surface area contributed by atoms with Crippen LogP contribution in [0.5, 0.6) is 0 Å². The van der Waals surface area contributed by atoms with Gasteiger partial charge in [-0.15, -0.1) is 0 Å². The highest BCUT2D eigenvalue weighted by atomic mass is 32.2. The first kappa shape index (κ1) is 20.2. The third-order valence-corrected chi connectivity index (χ3v) is 6.07. The molecule has 0 aliphatic carbocycles. The highest BCUT2D eigenvalue weighted by Crippen LogP contribution is 2.21. The number of carbonyl (C=O) groups excluding carboxylic acids is 1. The molecule has 9 heteroatoms. The molecule has 148 valence electrons. The van der Waals surface area contributed by atoms with E-state index in [0.717, 1.165) is 48.1 Å². The first-order chi connectivity index (χ1) is 12.9. The van der Waals surface area contributed by atoms with Gasteiger partial charge in [-0.3, -0.25) is 4.79 Å². The smallest absolute Gasteiger partial charge is 0.242 e. The number of aromatic nitrogens is 2. The van der Waals surface area contributed by atoms with E-state index in [1.54, 1.807) is 11.8 Å². The highest BCUT2D eigenvalue weighted by Gasteiger charge is 2.28. The third kappa shape index (κ3) is 5.03. The molecule has 0 saturated carbocycles. The summed E-state index contributed by atoms with van der Waals surface area (Å²) in [5, 5.41) is 0. The number of imidazole rings is 1. The number of benzene rings is 1. The minimum absolute atomic E-state index is 0.0144. The van der Waals surface area contributed by atoms with E-state index >= 15 is 0 Å². The summed E-state index contributed by atoms with van der Waals surface area (Å²) in [6.45, 7) is 1.16. The molecule has 0 bridgehead atoms. The van der Waals surface area contributed by atoms with Gasteiger partial charge in [-0.2, -0.15) is 11.8 Å². The number of piperidine rings is 1. The highest BCUT2D eigenvalue weighted by molar-refractivity contribution is 7.97. The van der Waals surface area contributed by atoms with Crippen LogP contribution in [0.1, 0.15) is 25.1 Å². The van der Waals surface area contributed by atoms with Crippen molar-refractivity contribution in [3.63, 3.8) is 0 Å². The Hall–Kier alpha value is -1.58. The largest absolute Gasteiger partial charge is 0.337 e. The van der Waals surface area contributed by atoms with Gasteiger partial charge in [0.05, 0.1) is 23.0 Å². The lowest BCUT2D eigenvalue weighted by Gasteiger charge is -2.36. The van der Waals surface area contributed by atoms with Gasteiger partial charge in [0.25, 0.3) is 0 Å². The van der Waals surface area contributed by atoms with E-state index in [0.29, 0.717) is 6.54 Å². The van der Waals surface area contributed by atoms with Crippen molar-refractivity contribution >= 4 is 38.7 Å². The van der Waals surface area contributed by atoms with E-state index in [4.69, 9.17) is 0 Å². The van der Waals surface area contributed by atoms with Crippen LogP contribution in [-0.2, 0) is 27.1 Å². The Morgan fingerprint density at radius 3 is 2.85 bits per heavy atom. The Bertz CT molecular complexity index is 910. The molecule has 1 aliphatic rings. The van der Waals surface area contributed by atoms with Crippen molar-refractivity contribution in [1.29, 1.82) is 0 Å². The first-order valence-electron chi connectivity index (χ1n) is 9.06. The molecule has 0 radical (unpaired) electrons. The van der Waals surface area contributed by atoms with Crippen molar-refractivity contribution in [2.24, 2.45) is 0 Å². The van der Waals surface area contributed by atoms with E-state index in [1.165, 1.54) is 0 Å². The fraction of sp³-hybridized carbons (Fsp3) is 0.556. The fourth-order valence-electron chi connectivity index (χ4n) is 3.56. The Morgan fingerprint density at radius 2 is 2.11 bits per heavy atom. The number of sulfonamides is 1. The molecule has 1 N–H and O–H groups in total. The topological polar surface area (TPSA) is 84.3 Å². The molecule has 1 unspecified atom stereocenters. The number of rotatable bonds is 7. The van der Waals surface area contributed by atoms with Gasteiger partial charge >= 0.3 is 0 Å². The second kappa shape index (κ2) is 8.62. The molecule has 1 amide bonds. The maximum atomic E-state index is 13.1. The molecular weight excluding hydrogens is 384 g/mol. The van der Waals surface area contributed by atoms with Gasteiger partial charge in [-0.25, -0.2) is 18.1 Å². The summed E-state index contributed by atoms with van der Waals surface area (Å²) in [5.74, 6) is 1.64. The zero-order chi connectivity index (χ0) is 19.4. The number of hydrogen-bond acceptors (Lipinski definition) is 5. The van der Waals surface area contributed by atoms with Gasteiger partial charge in [0.1, 0.15) is 12.4 Å². The zero-order valence-electron chi connectivity index (χ0n) is 15.7. The molecular formula is C18H26N4O3S2. The number of nitrogens with zero attached hydrogens (tertiary/aromatic N) is 3. The predicted molar refractivity (Wildman–Crippen MR) is 109 cm³/mol. The van der Waals surface area contributed by atoms with Gasteiger partial charge in [0.15, 0.2) is 0 Å². The number of hydrogen-bond donors (Lipinski definition) is 1. The molecule has 7 nitrogen and oxygen atoms in total. The molecule has 1 aliphatic heterocycles. The summed E-state index contributed by atoms with van der Waals surface area (Å²) in [6.07, 6.45) is 5.93. The second-order valence-electron chi connectivity index (χ2n) is 6.89. The summed E-state index contributed by atoms with van der Waals surface area (Å²) in [4.78, 5) is 19.6. The van der Waals surface area contributed by atoms with Crippen molar-refractivity contribution in [2.45, 2.75) is 37.6 Å². The number of carbonyl (C=O) groups is 1. The van der Waals surface area contributed by atoms with Gasteiger partial charge in [-0.1, -0.05) is 12.1 Å². The lowest BCUT2D eigenvalue weighted by molar-refractivity contribution is -0.135. The summed E-state index contributed by atoms with van der Waals surface area (Å²) in [6, 6.07) is 7.74. The van der Waals surface area contributed by atoms with Crippen LogP contribution in [0.2, 0.25) is 0 Å². The molecule has 2 heterocycles. The number of fused-ring (bicyclic) bond motifs is 1. The zero-order valence-corrected chi connectivity index (χ0v) is 17.4. The molecule has 2 aromatic rings. The third-order valence-electron chi connectivity index (χ3n) is 4.83. The van der Waals surface area contributed by atoms with Gasteiger partial charge in [-0.05, 0) is 37.7 Å². The lowest BCUT2D eigenvalue weighted by atomic mass is 10.0. The van der Waals surface area contributed by atoms with Crippen LogP contribution in [0, 0.1) is 0 Å². The minimum atomic E-state index is -3.27. The van der Waals surface area contributed by atoms with Gasteiger partial charge < -0.3 is 9.47 Å². The number of para-hydroxylation sites is 2. The van der Waals surface area contributed by atoms with Crippen LogP contribution in [0.4, 0.5) is 0 Å². The minimum Gasteiger partial charge on any atom is -0.337 e. The molecule has 27 heavy (non-hydrogen) atoms. The molecule has 1 aromatic heterocycles. The van der Waals surface area contributed by atoms with Crippen LogP contribution in [0.25, 0.3) is 11.0 Å². The second-order valence-corrected chi connectivity index (χ2v) is 9.59. The first-order valence-corrected chi connectivity index (χ1v) is 12.3. The predicted octanol–water partition coefficient (Wildman–Crippen LogP) is 1.83. The maximum Gasteiger partial charge on any atom is 0.242 e. The summed E-state index contributed by atoms with van der Waals surface area (Å²) in [5.41, 5.74) is 1.85. The van der Waals surface area contributed by atoms with E-state index in [9.17, 15) is 13.2 Å². The average molecular weight is 411 g/mol. The molecule has 3 rings (SSSR count). The summed E-state index contributed by atoms with van der Waals surface area (Å²) in [7, 11) is -3.27. The standard InChI is InChI=1S/C18H26N4O3S2/c1-26-13-17-20-15-8-3-4-9-16(15)22(17)12-18(23)21-10-6-5-7-14(21)11-19-27(2,24)25/h3-4,8-9,14,19H,5-7,10-13H2,1-2H3. The van der Waals surface area contributed by atoms with Crippen LogP contribution < -0.4 is 4.72 Å². The fourth-order valence-corrected chi connectivity index (χ4v) is 4.53. The van der Waals surface area contributed by atoms with Crippen molar-refractivity contribution in [2.75, 3.05) is 25.6 Å². The van der Waals surface area contributed by atoms with Gasteiger partial charge in [0.2, 0.25) is 15.9 Å². The van der Waals surface area contributed by atoms with Crippen molar-refractivity contribution in [3.05, 3.63) is 30.1 Å². The average Bonchev–Trinajstić information content (AvgIpc) is 2.97. The van der Waals surface area contributed by atoms with Crippen molar-refractivity contribution in [1.82, 2.24) is 19.2 Å². The Labute approximate surface area is 164 Å². The number of amides is 1. The van der Waals surface area contributed by atoms with Crippen LogP contribution in [0.15, 0.2) is 24.3 Å².